The number of hydrogen-bond acceptors (Lipinski definition) is 3. The SMILES string of the molecule is NC(CCc1ccccc1)C(=O)N1CCCCO1. The fourth-order valence-electron chi connectivity index (χ4n) is 2.05. The molecule has 1 saturated heterocycles. The molecule has 1 unspecified atom stereocenters. The van der Waals surface area contributed by atoms with E-state index in [-0.39, 0.29) is 5.91 Å². The lowest BCUT2D eigenvalue weighted by atomic mass is 10.1. The van der Waals surface area contributed by atoms with Crippen LogP contribution < -0.4 is 5.73 Å². The predicted molar refractivity (Wildman–Crippen MR) is 69.6 cm³/mol. The molecule has 1 fully saturated rings. The normalized spacial score (nSPS) is 17.5. The van der Waals surface area contributed by atoms with Gasteiger partial charge in [0.05, 0.1) is 12.6 Å². The van der Waals surface area contributed by atoms with E-state index in [1.54, 1.807) is 0 Å². The van der Waals surface area contributed by atoms with E-state index in [0.29, 0.717) is 19.6 Å². The fourth-order valence-corrected chi connectivity index (χ4v) is 2.05. The minimum atomic E-state index is -0.469. The zero-order chi connectivity index (χ0) is 12.8. The molecule has 4 nitrogen and oxygen atoms in total. The summed E-state index contributed by atoms with van der Waals surface area (Å²) < 4.78 is 0. The second kappa shape index (κ2) is 6.52. The second-order valence-corrected chi connectivity index (χ2v) is 4.61. The molecule has 0 bridgehead atoms. The van der Waals surface area contributed by atoms with Crippen molar-refractivity contribution in [1.82, 2.24) is 5.06 Å². The highest BCUT2D eigenvalue weighted by Crippen LogP contribution is 2.10. The molecule has 1 heterocycles. The number of hydroxylamine groups is 2. The molecule has 1 aromatic rings. The zero-order valence-corrected chi connectivity index (χ0v) is 10.5. The standard InChI is InChI=1S/C14H20N2O2/c15-13(9-8-12-6-2-1-3-7-12)14(17)16-10-4-5-11-18-16/h1-3,6-7,13H,4-5,8-11,15H2. The third-order valence-electron chi connectivity index (χ3n) is 3.15. The number of nitrogens with two attached hydrogens (primary N) is 1. The van der Waals surface area contributed by atoms with Crippen LogP contribution in [0.2, 0.25) is 0 Å². The van der Waals surface area contributed by atoms with Gasteiger partial charge in [-0.2, -0.15) is 0 Å². The van der Waals surface area contributed by atoms with Crippen molar-refractivity contribution in [1.29, 1.82) is 0 Å². The molecule has 0 aliphatic carbocycles. The molecule has 18 heavy (non-hydrogen) atoms. The number of aryl methyl sites for hydroxylation is 1. The summed E-state index contributed by atoms with van der Waals surface area (Å²) >= 11 is 0. The quantitative estimate of drug-likeness (QED) is 0.878. The monoisotopic (exact) mass is 248 g/mol. The molecule has 0 aromatic heterocycles. The molecule has 1 atom stereocenters. The first kappa shape index (κ1) is 13.1. The molecule has 2 rings (SSSR count). The maximum Gasteiger partial charge on any atom is 0.263 e. The van der Waals surface area contributed by atoms with E-state index in [1.807, 2.05) is 18.2 Å². The fraction of sp³-hybridized carbons (Fsp3) is 0.500. The van der Waals surface area contributed by atoms with E-state index in [2.05, 4.69) is 12.1 Å². The van der Waals surface area contributed by atoms with Gasteiger partial charge in [-0.3, -0.25) is 9.63 Å². The van der Waals surface area contributed by atoms with Crippen LogP contribution in [0.3, 0.4) is 0 Å². The summed E-state index contributed by atoms with van der Waals surface area (Å²) in [5, 5.41) is 1.43. The molecule has 1 amide bonds. The highest BCUT2D eigenvalue weighted by Gasteiger charge is 2.23. The lowest BCUT2D eigenvalue weighted by Gasteiger charge is -2.28. The van der Waals surface area contributed by atoms with E-state index >= 15 is 0 Å². The van der Waals surface area contributed by atoms with Crippen molar-refractivity contribution < 1.29 is 9.63 Å². The Morgan fingerprint density at radius 1 is 1.33 bits per heavy atom. The van der Waals surface area contributed by atoms with Gasteiger partial charge in [0.15, 0.2) is 0 Å². The van der Waals surface area contributed by atoms with Crippen LogP contribution in [-0.4, -0.2) is 30.2 Å². The van der Waals surface area contributed by atoms with Crippen LogP contribution in [-0.2, 0) is 16.1 Å². The van der Waals surface area contributed by atoms with Crippen molar-refractivity contribution in [3.8, 4) is 0 Å². The van der Waals surface area contributed by atoms with Gasteiger partial charge in [0, 0.05) is 6.54 Å². The largest absolute Gasteiger partial charge is 0.320 e. The lowest BCUT2D eigenvalue weighted by molar-refractivity contribution is -0.198. The topological polar surface area (TPSA) is 55.6 Å². The van der Waals surface area contributed by atoms with Crippen LogP contribution >= 0.6 is 0 Å². The van der Waals surface area contributed by atoms with Gasteiger partial charge in [-0.1, -0.05) is 30.3 Å². The van der Waals surface area contributed by atoms with Crippen LogP contribution in [0.15, 0.2) is 30.3 Å². The summed E-state index contributed by atoms with van der Waals surface area (Å²) in [4.78, 5) is 17.3. The van der Waals surface area contributed by atoms with Crippen molar-refractivity contribution in [3.63, 3.8) is 0 Å². The molecule has 0 radical (unpaired) electrons. The lowest BCUT2D eigenvalue weighted by Crippen LogP contribution is -2.46. The van der Waals surface area contributed by atoms with E-state index in [4.69, 9.17) is 10.6 Å². The van der Waals surface area contributed by atoms with Crippen molar-refractivity contribution in [2.75, 3.05) is 13.2 Å². The average molecular weight is 248 g/mol. The third kappa shape index (κ3) is 3.55. The molecule has 1 aliphatic rings. The molecule has 4 heteroatoms. The van der Waals surface area contributed by atoms with E-state index in [0.717, 1.165) is 19.3 Å². The highest BCUT2D eigenvalue weighted by atomic mass is 16.7. The summed E-state index contributed by atoms with van der Waals surface area (Å²) in [5.74, 6) is -0.0920. The molecule has 2 N–H and O–H groups in total. The molecule has 1 aliphatic heterocycles. The Morgan fingerprint density at radius 2 is 2.11 bits per heavy atom. The molecule has 98 valence electrons. The van der Waals surface area contributed by atoms with Gasteiger partial charge in [-0.15, -0.1) is 0 Å². The zero-order valence-electron chi connectivity index (χ0n) is 10.5. The Bertz CT molecular complexity index is 375. The Morgan fingerprint density at radius 3 is 2.78 bits per heavy atom. The average Bonchev–Trinajstić information content (AvgIpc) is 2.46. The van der Waals surface area contributed by atoms with Crippen LogP contribution in [0.4, 0.5) is 0 Å². The second-order valence-electron chi connectivity index (χ2n) is 4.61. The Kier molecular flexibility index (Phi) is 4.73. The van der Waals surface area contributed by atoms with Crippen LogP contribution in [0, 0.1) is 0 Å². The smallest absolute Gasteiger partial charge is 0.263 e. The molecule has 0 spiro atoms. The van der Waals surface area contributed by atoms with Crippen molar-refractivity contribution in [2.45, 2.75) is 31.7 Å². The van der Waals surface area contributed by atoms with Gasteiger partial charge in [0.25, 0.3) is 5.91 Å². The third-order valence-corrected chi connectivity index (χ3v) is 3.15. The predicted octanol–water partition coefficient (Wildman–Crippen LogP) is 1.50. The molecule has 0 saturated carbocycles. The number of rotatable bonds is 4. The number of carbonyl (C=O) groups excluding carboxylic acids is 1. The highest BCUT2D eigenvalue weighted by molar-refractivity contribution is 5.80. The number of amides is 1. The number of hydrogen-bond donors (Lipinski definition) is 1. The Hall–Kier alpha value is -1.39. The molecular formula is C14H20N2O2. The minimum Gasteiger partial charge on any atom is -0.320 e. The van der Waals surface area contributed by atoms with Crippen molar-refractivity contribution >= 4 is 5.91 Å². The maximum absolute atomic E-state index is 12.0. The van der Waals surface area contributed by atoms with E-state index < -0.39 is 6.04 Å². The van der Waals surface area contributed by atoms with Gasteiger partial charge in [0.2, 0.25) is 0 Å². The number of benzene rings is 1. The van der Waals surface area contributed by atoms with Gasteiger partial charge in [0.1, 0.15) is 0 Å². The van der Waals surface area contributed by atoms with Gasteiger partial charge in [-0.25, -0.2) is 5.06 Å². The van der Waals surface area contributed by atoms with Gasteiger partial charge < -0.3 is 5.73 Å². The summed E-state index contributed by atoms with van der Waals surface area (Å²) in [6, 6.07) is 9.61. The molecular weight excluding hydrogens is 228 g/mol. The van der Waals surface area contributed by atoms with Crippen molar-refractivity contribution in [2.24, 2.45) is 5.73 Å². The Labute approximate surface area is 108 Å². The maximum atomic E-state index is 12.0. The van der Waals surface area contributed by atoms with Gasteiger partial charge in [-0.05, 0) is 31.2 Å². The number of carbonyl (C=O) groups is 1. The van der Waals surface area contributed by atoms with Crippen LogP contribution in [0.25, 0.3) is 0 Å². The summed E-state index contributed by atoms with van der Waals surface area (Å²) in [7, 11) is 0. The Balaban J connectivity index is 1.80. The van der Waals surface area contributed by atoms with Crippen LogP contribution in [0.1, 0.15) is 24.8 Å². The van der Waals surface area contributed by atoms with Crippen molar-refractivity contribution in [3.05, 3.63) is 35.9 Å². The molecule has 1 aromatic carbocycles. The number of nitrogens with zero attached hydrogens (tertiary/aromatic N) is 1. The van der Waals surface area contributed by atoms with E-state index in [1.165, 1.54) is 10.6 Å². The summed E-state index contributed by atoms with van der Waals surface area (Å²) in [5.41, 5.74) is 7.13. The van der Waals surface area contributed by atoms with Gasteiger partial charge >= 0.3 is 0 Å². The first-order valence-corrected chi connectivity index (χ1v) is 6.51. The minimum absolute atomic E-state index is 0.0920. The van der Waals surface area contributed by atoms with E-state index in [9.17, 15) is 4.79 Å². The first-order valence-electron chi connectivity index (χ1n) is 6.51. The van der Waals surface area contributed by atoms with Crippen LogP contribution in [0.5, 0.6) is 0 Å². The first-order chi connectivity index (χ1) is 8.77. The summed E-state index contributed by atoms with van der Waals surface area (Å²) in [6.45, 7) is 1.29. The summed E-state index contributed by atoms with van der Waals surface area (Å²) in [6.07, 6.45) is 3.49.